The summed E-state index contributed by atoms with van der Waals surface area (Å²) in [5.41, 5.74) is 4.99. The van der Waals surface area contributed by atoms with Crippen molar-refractivity contribution in [1.29, 1.82) is 0 Å². The van der Waals surface area contributed by atoms with E-state index in [2.05, 4.69) is 15.5 Å². The maximum atomic E-state index is 12.2. The molecule has 1 heterocycles. The van der Waals surface area contributed by atoms with Gasteiger partial charge < -0.3 is 16.3 Å². The lowest BCUT2D eigenvalue weighted by atomic mass is 9.98. The van der Waals surface area contributed by atoms with Crippen LogP contribution >= 0.6 is 11.3 Å². The van der Waals surface area contributed by atoms with Crippen molar-refractivity contribution in [1.82, 2.24) is 10.3 Å². The van der Waals surface area contributed by atoms with Crippen LogP contribution in [-0.2, 0) is 10.3 Å². The van der Waals surface area contributed by atoms with E-state index in [4.69, 9.17) is 10.9 Å². The lowest BCUT2D eigenvalue weighted by molar-refractivity contribution is -0.125. The molecule has 4 N–H and O–H groups in total. The first-order chi connectivity index (χ1) is 8.92. The molecule has 0 spiro atoms. The molecule has 0 aliphatic rings. The number of thiazole rings is 1. The molecule has 0 fully saturated rings. The fourth-order valence-electron chi connectivity index (χ4n) is 1.75. The van der Waals surface area contributed by atoms with Crippen LogP contribution in [0, 0.1) is 5.92 Å². The van der Waals surface area contributed by atoms with Crippen molar-refractivity contribution in [2.45, 2.75) is 39.2 Å². The summed E-state index contributed by atoms with van der Waals surface area (Å²) < 4.78 is 0. The van der Waals surface area contributed by atoms with Crippen LogP contribution in [0.15, 0.2) is 16.7 Å². The number of amides is 1. The largest absolute Gasteiger partial charge is 0.409 e. The average Bonchev–Trinajstić information content (AvgIpc) is 2.88. The molecular weight excluding hydrogens is 264 g/mol. The first-order valence-corrected chi connectivity index (χ1v) is 6.99. The van der Waals surface area contributed by atoms with Crippen LogP contribution in [0.25, 0.3) is 0 Å². The molecule has 1 aromatic heterocycles. The van der Waals surface area contributed by atoms with Gasteiger partial charge in [0.15, 0.2) is 5.84 Å². The maximum absolute atomic E-state index is 12.2. The van der Waals surface area contributed by atoms with Crippen LogP contribution in [0.4, 0.5) is 0 Å². The van der Waals surface area contributed by atoms with Crippen LogP contribution in [0.2, 0.25) is 0 Å². The van der Waals surface area contributed by atoms with E-state index in [1.165, 1.54) is 11.3 Å². The molecule has 1 rings (SSSR count). The van der Waals surface area contributed by atoms with Crippen LogP contribution in [0.5, 0.6) is 0 Å². The number of hydrogen-bond acceptors (Lipinski definition) is 5. The minimum atomic E-state index is -0.616. The van der Waals surface area contributed by atoms with E-state index in [0.29, 0.717) is 6.42 Å². The molecule has 1 amide bonds. The molecular formula is C12H20N4O2S. The van der Waals surface area contributed by atoms with E-state index in [1.807, 2.05) is 26.2 Å². The van der Waals surface area contributed by atoms with Crippen LogP contribution < -0.4 is 11.1 Å². The van der Waals surface area contributed by atoms with Crippen molar-refractivity contribution < 1.29 is 10.0 Å². The van der Waals surface area contributed by atoms with E-state index >= 15 is 0 Å². The number of oxime groups is 1. The Bertz CT molecular complexity index is 443. The van der Waals surface area contributed by atoms with Gasteiger partial charge >= 0.3 is 0 Å². The summed E-state index contributed by atoms with van der Waals surface area (Å²) in [4.78, 5) is 16.4. The number of nitrogens with one attached hydrogen (secondary N) is 1. The van der Waals surface area contributed by atoms with Crippen LogP contribution in [0.1, 0.15) is 38.6 Å². The Morgan fingerprint density at radius 1 is 1.68 bits per heavy atom. The Labute approximate surface area is 116 Å². The van der Waals surface area contributed by atoms with Gasteiger partial charge in [-0.15, -0.1) is 11.3 Å². The van der Waals surface area contributed by atoms with Crippen molar-refractivity contribution in [3.05, 3.63) is 16.6 Å². The summed E-state index contributed by atoms with van der Waals surface area (Å²) in [6, 6.07) is 0. The van der Waals surface area contributed by atoms with Gasteiger partial charge in [0.05, 0.1) is 11.5 Å². The van der Waals surface area contributed by atoms with Gasteiger partial charge in [-0.1, -0.05) is 18.5 Å². The Hall–Kier alpha value is -1.63. The maximum Gasteiger partial charge on any atom is 0.231 e. The van der Waals surface area contributed by atoms with E-state index < -0.39 is 11.5 Å². The van der Waals surface area contributed by atoms with Crippen molar-refractivity contribution in [3.8, 4) is 0 Å². The fraction of sp³-hybridized carbons (Fsp3) is 0.583. The van der Waals surface area contributed by atoms with E-state index in [0.717, 1.165) is 11.4 Å². The topological polar surface area (TPSA) is 101 Å². The molecule has 6 nitrogen and oxygen atoms in total. The van der Waals surface area contributed by atoms with E-state index in [1.54, 1.807) is 6.20 Å². The Morgan fingerprint density at radius 3 is 2.84 bits per heavy atom. The number of hydrogen-bond donors (Lipinski definition) is 3. The molecule has 0 aliphatic heterocycles. The molecule has 1 unspecified atom stereocenters. The standard InChI is InChI=1S/C12H20N4O2S/c1-4-5-8(9(13)16-18)10(17)15-12(2,3)11-14-6-7-19-11/h6-8,18H,4-5H2,1-3H3,(H2,13,16)(H,15,17). The van der Waals surface area contributed by atoms with E-state index in [-0.39, 0.29) is 11.7 Å². The second-order valence-corrected chi connectivity index (χ2v) is 5.71. The lowest BCUT2D eigenvalue weighted by Crippen LogP contribution is -2.47. The number of aromatic nitrogens is 1. The Kier molecular flexibility index (Phi) is 5.29. The minimum Gasteiger partial charge on any atom is -0.409 e. The highest BCUT2D eigenvalue weighted by Gasteiger charge is 2.30. The summed E-state index contributed by atoms with van der Waals surface area (Å²) in [5.74, 6) is -0.930. The molecule has 0 saturated heterocycles. The van der Waals surface area contributed by atoms with Crippen molar-refractivity contribution >= 4 is 23.1 Å². The van der Waals surface area contributed by atoms with Gasteiger partial charge in [0.25, 0.3) is 0 Å². The molecule has 1 aromatic rings. The molecule has 0 aliphatic carbocycles. The highest BCUT2D eigenvalue weighted by Crippen LogP contribution is 2.23. The van der Waals surface area contributed by atoms with Gasteiger partial charge in [-0.25, -0.2) is 4.98 Å². The first-order valence-electron chi connectivity index (χ1n) is 6.11. The third kappa shape index (κ3) is 3.92. The molecule has 0 aromatic carbocycles. The number of carbonyl (C=O) groups excluding carboxylic acids is 1. The highest BCUT2D eigenvalue weighted by molar-refractivity contribution is 7.09. The smallest absolute Gasteiger partial charge is 0.231 e. The summed E-state index contributed by atoms with van der Waals surface area (Å²) in [7, 11) is 0. The predicted molar refractivity (Wildman–Crippen MR) is 75.1 cm³/mol. The summed E-state index contributed by atoms with van der Waals surface area (Å²) >= 11 is 1.47. The van der Waals surface area contributed by atoms with Crippen molar-refractivity contribution in [3.63, 3.8) is 0 Å². The SMILES string of the molecule is CCCC(C(=O)NC(C)(C)c1nccs1)/C(N)=N/O. The second kappa shape index (κ2) is 6.51. The second-order valence-electron chi connectivity index (χ2n) is 4.82. The monoisotopic (exact) mass is 284 g/mol. The number of carbonyl (C=O) groups is 1. The summed E-state index contributed by atoms with van der Waals surface area (Å²) in [6.07, 6.45) is 3.00. The van der Waals surface area contributed by atoms with Gasteiger partial charge in [-0.05, 0) is 20.3 Å². The normalized spacial score (nSPS) is 14.2. The molecule has 106 valence electrons. The van der Waals surface area contributed by atoms with Crippen LogP contribution in [-0.4, -0.2) is 21.9 Å². The minimum absolute atomic E-state index is 0.0608. The zero-order valence-corrected chi connectivity index (χ0v) is 12.2. The zero-order chi connectivity index (χ0) is 14.5. The van der Waals surface area contributed by atoms with Gasteiger partial charge in [0, 0.05) is 11.6 Å². The highest BCUT2D eigenvalue weighted by atomic mass is 32.1. The quantitative estimate of drug-likeness (QED) is 0.320. The van der Waals surface area contributed by atoms with Gasteiger partial charge in [0.1, 0.15) is 5.01 Å². The molecule has 1 atom stereocenters. The van der Waals surface area contributed by atoms with E-state index in [9.17, 15) is 4.79 Å². The fourth-order valence-corrected chi connectivity index (χ4v) is 2.47. The van der Waals surface area contributed by atoms with Crippen molar-refractivity contribution in [2.24, 2.45) is 16.8 Å². The number of rotatable bonds is 6. The third-order valence-corrected chi connectivity index (χ3v) is 3.87. The lowest BCUT2D eigenvalue weighted by Gasteiger charge is -2.26. The molecule has 0 radical (unpaired) electrons. The van der Waals surface area contributed by atoms with Gasteiger partial charge in [0.2, 0.25) is 5.91 Å². The Morgan fingerprint density at radius 2 is 2.37 bits per heavy atom. The Balaban J connectivity index is 2.82. The zero-order valence-electron chi connectivity index (χ0n) is 11.4. The van der Waals surface area contributed by atoms with Crippen LogP contribution in [0.3, 0.4) is 0 Å². The van der Waals surface area contributed by atoms with Gasteiger partial charge in [-0.3, -0.25) is 4.79 Å². The average molecular weight is 284 g/mol. The molecule has 19 heavy (non-hydrogen) atoms. The summed E-state index contributed by atoms with van der Waals surface area (Å²) in [6.45, 7) is 5.69. The number of nitrogens with zero attached hydrogens (tertiary/aromatic N) is 2. The predicted octanol–water partition coefficient (Wildman–Crippen LogP) is 1.66. The third-order valence-electron chi connectivity index (χ3n) is 2.77. The van der Waals surface area contributed by atoms with Gasteiger partial charge in [-0.2, -0.15) is 0 Å². The van der Waals surface area contributed by atoms with Crippen molar-refractivity contribution in [2.75, 3.05) is 0 Å². The molecule has 0 bridgehead atoms. The number of nitrogens with two attached hydrogens (primary N) is 1. The summed E-state index contributed by atoms with van der Waals surface area (Å²) in [5, 5.41) is 17.2. The number of amidine groups is 1. The molecule has 0 saturated carbocycles. The first kappa shape index (κ1) is 15.4. The molecule has 7 heteroatoms.